The van der Waals surface area contributed by atoms with E-state index in [9.17, 15) is 13.2 Å². The van der Waals surface area contributed by atoms with Crippen molar-refractivity contribution >= 4 is 21.9 Å². The average molecular weight is 304 g/mol. The van der Waals surface area contributed by atoms with Crippen LogP contribution in [0.15, 0.2) is 22.8 Å². The third-order valence-electron chi connectivity index (χ3n) is 2.04. The monoisotopic (exact) mass is 303 g/mol. The van der Waals surface area contributed by atoms with Gasteiger partial charge in [-0.15, -0.1) is 0 Å². The Kier molecular flexibility index (Phi) is 3.01. The fraction of sp³-hybridized carbons (Fsp3) is 0. The fourth-order valence-electron chi connectivity index (χ4n) is 1.30. The summed E-state index contributed by atoms with van der Waals surface area (Å²) in [6.07, 6.45) is 0.761. The molecule has 0 aliphatic carbocycles. The number of rotatable bonds is 1. The SMILES string of the molecule is Nc1ncc(F)c(-c2c(F)ccc(Br)c2F)n1. The van der Waals surface area contributed by atoms with E-state index in [0.717, 1.165) is 12.3 Å². The largest absolute Gasteiger partial charge is 0.368 e. The topological polar surface area (TPSA) is 51.8 Å². The summed E-state index contributed by atoms with van der Waals surface area (Å²) in [7, 11) is 0. The number of halogens is 4. The molecule has 0 aliphatic heterocycles. The van der Waals surface area contributed by atoms with Gasteiger partial charge in [-0.05, 0) is 28.1 Å². The van der Waals surface area contributed by atoms with Gasteiger partial charge in [-0.3, -0.25) is 0 Å². The molecule has 1 aromatic heterocycles. The van der Waals surface area contributed by atoms with Crippen LogP contribution in [0.5, 0.6) is 0 Å². The van der Waals surface area contributed by atoms with Gasteiger partial charge in [-0.25, -0.2) is 23.1 Å². The second-order valence-corrected chi connectivity index (χ2v) is 4.00. The van der Waals surface area contributed by atoms with Crippen molar-refractivity contribution in [1.29, 1.82) is 0 Å². The lowest BCUT2D eigenvalue weighted by Gasteiger charge is -2.07. The van der Waals surface area contributed by atoms with Gasteiger partial charge in [0.15, 0.2) is 5.82 Å². The fourth-order valence-corrected chi connectivity index (χ4v) is 1.63. The first kappa shape index (κ1) is 11.8. The third-order valence-corrected chi connectivity index (χ3v) is 2.66. The Labute approximate surface area is 103 Å². The highest BCUT2D eigenvalue weighted by Gasteiger charge is 2.19. The molecule has 1 heterocycles. The van der Waals surface area contributed by atoms with Crippen molar-refractivity contribution in [2.45, 2.75) is 0 Å². The molecule has 1 aromatic carbocycles. The van der Waals surface area contributed by atoms with Crippen molar-refractivity contribution < 1.29 is 13.2 Å². The van der Waals surface area contributed by atoms with Gasteiger partial charge < -0.3 is 5.73 Å². The highest BCUT2D eigenvalue weighted by Crippen LogP contribution is 2.30. The summed E-state index contributed by atoms with van der Waals surface area (Å²) in [5, 5.41) is 0. The number of hydrogen-bond donors (Lipinski definition) is 1. The van der Waals surface area contributed by atoms with E-state index < -0.39 is 28.7 Å². The van der Waals surface area contributed by atoms with Crippen LogP contribution in [-0.2, 0) is 0 Å². The van der Waals surface area contributed by atoms with Crippen molar-refractivity contribution in [1.82, 2.24) is 9.97 Å². The number of anilines is 1. The van der Waals surface area contributed by atoms with Gasteiger partial charge in [0.1, 0.15) is 17.3 Å². The van der Waals surface area contributed by atoms with Crippen LogP contribution in [0.1, 0.15) is 0 Å². The second-order valence-electron chi connectivity index (χ2n) is 3.14. The number of hydrogen-bond acceptors (Lipinski definition) is 3. The summed E-state index contributed by atoms with van der Waals surface area (Å²) in [5.74, 6) is -3.08. The zero-order chi connectivity index (χ0) is 12.6. The molecule has 0 atom stereocenters. The summed E-state index contributed by atoms with van der Waals surface area (Å²) in [5.41, 5.74) is 4.17. The molecule has 2 rings (SSSR count). The summed E-state index contributed by atoms with van der Waals surface area (Å²) in [4.78, 5) is 6.88. The Morgan fingerprint density at radius 3 is 2.53 bits per heavy atom. The molecule has 0 amide bonds. The number of nitrogen functional groups attached to an aromatic ring is 1. The summed E-state index contributed by atoms with van der Waals surface area (Å²) in [6, 6.07) is 2.18. The minimum absolute atomic E-state index is 0.00508. The molecular formula is C10H5BrF3N3. The number of aromatic nitrogens is 2. The maximum absolute atomic E-state index is 13.7. The van der Waals surface area contributed by atoms with Crippen molar-refractivity contribution in [2.24, 2.45) is 0 Å². The third kappa shape index (κ3) is 2.10. The van der Waals surface area contributed by atoms with Crippen molar-refractivity contribution in [3.8, 4) is 11.3 Å². The molecule has 2 aromatic rings. The summed E-state index contributed by atoms with van der Waals surface area (Å²) < 4.78 is 40.6. The van der Waals surface area contributed by atoms with E-state index in [1.165, 1.54) is 6.07 Å². The van der Waals surface area contributed by atoms with Crippen LogP contribution in [0.4, 0.5) is 19.1 Å². The molecule has 0 bridgehead atoms. The Balaban J connectivity index is 2.76. The van der Waals surface area contributed by atoms with Gasteiger partial charge in [0.2, 0.25) is 5.95 Å². The van der Waals surface area contributed by atoms with Crippen LogP contribution < -0.4 is 5.73 Å². The molecule has 3 nitrogen and oxygen atoms in total. The highest BCUT2D eigenvalue weighted by atomic mass is 79.9. The van der Waals surface area contributed by atoms with Crippen LogP contribution in [0.25, 0.3) is 11.3 Å². The molecule has 17 heavy (non-hydrogen) atoms. The highest BCUT2D eigenvalue weighted by molar-refractivity contribution is 9.10. The Hall–Kier alpha value is -1.63. The minimum atomic E-state index is -0.949. The lowest BCUT2D eigenvalue weighted by atomic mass is 10.1. The van der Waals surface area contributed by atoms with Gasteiger partial charge in [0.05, 0.1) is 16.2 Å². The first-order valence-corrected chi connectivity index (χ1v) is 5.22. The van der Waals surface area contributed by atoms with Crippen LogP contribution in [0.2, 0.25) is 0 Å². The number of nitrogens with zero attached hydrogens (tertiary/aromatic N) is 2. The van der Waals surface area contributed by atoms with Crippen molar-refractivity contribution in [3.63, 3.8) is 0 Å². The lowest BCUT2D eigenvalue weighted by molar-refractivity contribution is 0.574. The minimum Gasteiger partial charge on any atom is -0.368 e. The van der Waals surface area contributed by atoms with E-state index in [0.29, 0.717) is 0 Å². The molecular weight excluding hydrogens is 299 g/mol. The molecule has 0 fully saturated rings. The van der Waals surface area contributed by atoms with E-state index in [1.54, 1.807) is 0 Å². The van der Waals surface area contributed by atoms with Gasteiger partial charge in [0, 0.05) is 0 Å². The van der Waals surface area contributed by atoms with Gasteiger partial charge in [-0.2, -0.15) is 0 Å². The number of nitrogens with two attached hydrogens (primary N) is 1. The molecule has 0 radical (unpaired) electrons. The van der Waals surface area contributed by atoms with Crippen LogP contribution >= 0.6 is 15.9 Å². The molecule has 0 saturated heterocycles. The van der Waals surface area contributed by atoms with E-state index in [2.05, 4.69) is 25.9 Å². The standard InChI is InChI=1S/C10H5BrF3N3/c11-4-1-2-5(12)7(8(4)14)9-6(13)3-16-10(15)17-9/h1-3H,(H2,15,16,17). The first-order valence-electron chi connectivity index (χ1n) is 4.42. The van der Waals surface area contributed by atoms with Gasteiger partial charge in [-0.1, -0.05) is 0 Å². The average Bonchev–Trinajstić information content (AvgIpc) is 2.29. The van der Waals surface area contributed by atoms with E-state index in [-0.39, 0.29) is 10.4 Å². The molecule has 7 heteroatoms. The predicted molar refractivity (Wildman–Crippen MR) is 59.5 cm³/mol. The van der Waals surface area contributed by atoms with Crippen LogP contribution in [0, 0.1) is 17.5 Å². The maximum Gasteiger partial charge on any atom is 0.220 e. The molecule has 0 saturated carbocycles. The second kappa shape index (κ2) is 4.33. The van der Waals surface area contributed by atoms with Gasteiger partial charge in [0.25, 0.3) is 0 Å². The van der Waals surface area contributed by atoms with Gasteiger partial charge >= 0.3 is 0 Å². The molecule has 2 N–H and O–H groups in total. The molecule has 88 valence electrons. The maximum atomic E-state index is 13.7. The van der Waals surface area contributed by atoms with E-state index in [4.69, 9.17) is 5.73 Å². The van der Waals surface area contributed by atoms with Crippen molar-refractivity contribution in [3.05, 3.63) is 40.3 Å². The zero-order valence-electron chi connectivity index (χ0n) is 8.22. The summed E-state index contributed by atoms with van der Waals surface area (Å²) >= 11 is 2.88. The Bertz CT molecular complexity index is 589. The van der Waals surface area contributed by atoms with E-state index >= 15 is 0 Å². The zero-order valence-corrected chi connectivity index (χ0v) is 9.80. The molecule has 0 aliphatic rings. The van der Waals surface area contributed by atoms with Crippen molar-refractivity contribution in [2.75, 3.05) is 5.73 Å². The van der Waals surface area contributed by atoms with Crippen LogP contribution in [0.3, 0.4) is 0 Å². The molecule has 0 spiro atoms. The van der Waals surface area contributed by atoms with E-state index in [1.807, 2.05) is 0 Å². The normalized spacial score (nSPS) is 10.6. The smallest absolute Gasteiger partial charge is 0.220 e. The molecule has 0 unspecified atom stereocenters. The summed E-state index contributed by atoms with van der Waals surface area (Å²) in [6.45, 7) is 0. The lowest BCUT2D eigenvalue weighted by Crippen LogP contribution is -2.02. The Morgan fingerprint density at radius 2 is 1.82 bits per heavy atom. The number of benzene rings is 1. The van der Waals surface area contributed by atoms with Crippen LogP contribution in [-0.4, -0.2) is 9.97 Å². The quantitative estimate of drug-likeness (QED) is 0.824. The predicted octanol–water partition coefficient (Wildman–Crippen LogP) is 2.91. The first-order chi connectivity index (χ1) is 8.00. The Morgan fingerprint density at radius 1 is 1.12 bits per heavy atom.